The van der Waals surface area contributed by atoms with Gasteiger partial charge in [0.05, 0.1) is 23.2 Å². The zero-order valence-corrected chi connectivity index (χ0v) is 24.7. The topological polar surface area (TPSA) is 81.2 Å². The van der Waals surface area contributed by atoms with Gasteiger partial charge < -0.3 is 19.8 Å². The highest BCUT2D eigenvalue weighted by atomic mass is 32.2. The number of thioether (sulfide) groups is 1. The number of carbonyl (C=O) groups is 3. The summed E-state index contributed by atoms with van der Waals surface area (Å²) in [4.78, 5) is 48.1. The first-order valence-corrected chi connectivity index (χ1v) is 15.2. The molecule has 3 heterocycles. The first-order valence-electron chi connectivity index (χ1n) is 14.3. The van der Waals surface area contributed by atoms with Crippen LogP contribution in [-0.2, 0) is 20.9 Å². The molecule has 0 radical (unpaired) electrons. The van der Waals surface area contributed by atoms with Crippen molar-refractivity contribution in [2.45, 2.75) is 49.3 Å². The predicted molar refractivity (Wildman–Crippen MR) is 163 cm³/mol. The second-order valence-corrected chi connectivity index (χ2v) is 12.9. The third kappa shape index (κ3) is 4.91. The number of aliphatic hydroxyl groups is 1. The lowest BCUT2D eigenvalue weighted by atomic mass is 9.70. The summed E-state index contributed by atoms with van der Waals surface area (Å²) < 4.78 is -0.725. The van der Waals surface area contributed by atoms with Crippen molar-refractivity contribution in [3.05, 3.63) is 90.5 Å². The molecule has 0 aromatic heterocycles. The number of likely N-dealkylation sites (tertiary alicyclic amines) is 1. The van der Waals surface area contributed by atoms with Crippen LogP contribution in [0.4, 0.5) is 5.69 Å². The Morgan fingerprint density at radius 1 is 1.05 bits per heavy atom. The third-order valence-corrected chi connectivity index (χ3v) is 10.8. The lowest BCUT2D eigenvalue weighted by molar-refractivity contribution is -0.144. The van der Waals surface area contributed by atoms with Crippen LogP contribution < -0.4 is 4.90 Å². The second-order valence-electron chi connectivity index (χ2n) is 11.3. The normalized spacial score (nSPS) is 26.1. The Balaban J connectivity index is 1.53. The summed E-state index contributed by atoms with van der Waals surface area (Å²) in [6, 6.07) is 14.9. The molecule has 41 heavy (non-hydrogen) atoms. The number of β-amino-alcohol motifs (C(OH)–C–C–N with tert-alkyl or cyclic N) is 1. The van der Waals surface area contributed by atoms with Gasteiger partial charge in [-0.2, -0.15) is 0 Å². The summed E-state index contributed by atoms with van der Waals surface area (Å²) in [5.74, 6) is -1.60. The maximum Gasteiger partial charge on any atom is 0.251 e. The van der Waals surface area contributed by atoms with E-state index in [0.717, 1.165) is 28.8 Å². The van der Waals surface area contributed by atoms with Crippen molar-refractivity contribution in [2.75, 3.05) is 31.1 Å². The maximum absolute atomic E-state index is 14.6. The van der Waals surface area contributed by atoms with Gasteiger partial charge in [-0.05, 0) is 43.4 Å². The monoisotopic (exact) mass is 573 g/mol. The lowest BCUT2D eigenvalue weighted by Crippen LogP contribution is -2.55. The quantitative estimate of drug-likeness (QED) is 0.409. The van der Waals surface area contributed by atoms with Crippen molar-refractivity contribution in [2.24, 2.45) is 11.8 Å². The van der Waals surface area contributed by atoms with Gasteiger partial charge in [-0.1, -0.05) is 60.7 Å². The molecule has 0 saturated carbocycles. The van der Waals surface area contributed by atoms with Gasteiger partial charge in [0.1, 0.15) is 6.04 Å². The summed E-state index contributed by atoms with van der Waals surface area (Å²) in [6.07, 6.45) is 4.86. The van der Waals surface area contributed by atoms with E-state index in [4.69, 9.17) is 0 Å². The molecule has 3 aliphatic rings. The summed E-state index contributed by atoms with van der Waals surface area (Å²) in [5.41, 5.74) is 3.75. The SMILES string of the molecule is C=CCN(Cc1ccccc1)C(=O)[C@@H]1[C@@H]2CCC3(S2)C(C(=O)N(CC=C)c2c(C)cccc2C)N(CCO)C(=O)[C@H]13. The van der Waals surface area contributed by atoms with Crippen molar-refractivity contribution in [3.63, 3.8) is 0 Å². The fourth-order valence-electron chi connectivity index (χ4n) is 7.26. The van der Waals surface area contributed by atoms with Gasteiger partial charge in [-0.3, -0.25) is 14.4 Å². The van der Waals surface area contributed by atoms with Crippen LogP contribution in [-0.4, -0.2) is 74.9 Å². The Bertz CT molecular complexity index is 1330. The third-order valence-electron chi connectivity index (χ3n) is 8.82. The molecule has 5 rings (SSSR count). The van der Waals surface area contributed by atoms with Crippen LogP contribution in [0.5, 0.6) is 0 Å². The minimum absolute atomic E-state index is 0.0424. The van der Waals surface area contributed by atoms with Crippen molar-refractivity contribution in [1.29, 1.82) is 0 Å². The van der Waals surface area contributed by atoms with Gasteiger partial charge in [0, 0.05) is 37.1 Å². The Morgan fingerprint density at radius 2 is 1.73 bits per heavy atom. The van der Waals surface area contributed by atoms with Gasteiger partial charge in [-0.25, -0.2) is 0 Å². The molecule has 216 valence electrons. The van der Waals surface area contributed by atoms with Crippen LogP contribution in [0, 0.1) is 25.7 Å². The Hall–Kier alpha value is -3.36. The van der Waals surface area contributed by atoms with Gasteiger partial charge in [0.2, 0.25) is 11.8 Å². The number of hydrogen-bond acceptors (Lipinski definition) is 5. The number of benzene rings is 2. The first-order chi connectivity index (χ1) is 19.8. The highest BCUT2D eigenvalue weighted by Gasteiger charge is 2.74. The lowest BCUT2D eigenvalue weighted by Gasteiger charge is -2.38. The number of aliphatic hydroxyl groups excluding tert-OH is 1. The van der Waals surface area contributed by atoms with Crippen molar-refractivity contribution < 1.29 is 19.5 Å². The molecule has 5 atom stereocenters. The van der Waals surface area contributed by atoms with Crippen LogP contribution in [0.3, 0.4) is 0 Å². The van der Waals surface area contributed by atoms with E-state index in [0.29, 0.717) is 26.1 Å². The summed E-state index contributed by atoms with van der Waals surface area (Å²) in [5, 5.41) is 9.95. The smallest absolute Gasteiger partial charge is 0.251 e. The van der Waals surface area contributed by atoms with E-state index in [2.05, 4.69) is 13.2 Å². The fraction of sp³-hybridized carbons (Fsp3) is 0.424. The van der Waals surface area contributed by atoms with Crippen LogP contribution in [0.25, 0.3) is 0 Å². The highest BCUT2D eigenvalue weighted by Crippen LogP contribution is 2.66. The fourth-order valence-corrected chi connectivity index (χ4v) is 9.47. The van der Waals surface area contributed by atoms with Crippen molar-refractivity contribution in [3.8, 4) is 0 Å². The molecular weight excluding hydrogens is 534 g/mol. The number of amides is 3. The molecule has 2 bridgehead atoms. The zero-order valence-electron chi connectivity index (χ0n) is 23.9. The Morgan fingerprint density at radius 3 is 2.37 bits per heavy atom. The summed E-state index contributed by atoms with van der Waals surface area (Å²) >= 11 is 1.65. The Kier molecular flexibility index (Phi) is 8.43. The van der Waals surface area contributed by atoms with Gasteiger partial charge >= 0.3 is 0 Å². The van der Waals surface area contributed by atoms with Gasteiger partial charge in [0.15, 0.2) is 0 Å². The molecule has 3 aliphatic heterocycles. The summed E-state index contributed by atoms with van der Waals surface area (Å²) in [6.45, 7) is 12.6. The average molecular weight is 574 g/mol. The van der Waals surface area contributed by atoms with Crippen LogP contribution in [0.1, 0.15) is 29.5 Å². The number of para-hydroxylation sites is 1. The molecule has 2 unspecified atom stereocenters. The highest BCUT2D eigenvalue weighted by molar-refractivity contribution is 8.02. The molecule has 8 heteroatoms. The van der Waals surface area contributed by atoms with Crippen molar-refractivity contribution in [1.82, 2.24) is 9.80 Å². The Labute approximate surface area is 246 Å². The maximum atomic E-state index is 14.6. The number of rotatable bonds is 11. The van der Waals surface area contributed by atoms with E-state index in [-0.39, 0.29) is 36.1 Å². The van der Waals surface area contributed by atoms with Crippen molar-refractivity contribution >= 4 is 35.2 Å². The molecule has 1 spiro atoms. The minimum atomic E-state index is -0.777. The number of carbonyl (C=O) groups excluding carboxylic acids is 3. The average Bonchev–Trinajstić information content (AvgIpc) is 3.60. The standard InChI is InChI=1S/C33H39N3O4S/c1-5-17-34(21-24-13-8-7-9-14-24)30(38)26-25-15-16-33(41-25)27(26)31(39)36(19-20-37)29(33)32(40)35(18-6-2)28-22(3)11-10-12-23(28)4/h5-14,25-27,29,37H,1-2,15-21H2,3-4H3/t25-,26+,27-,29?,33?/m0/s1. The minimum Gasteiger partial charge on any atom is -0.395 e. The van der Waals surface area contributed by atoms with E-state index in [1.54, 1.807) is 38.6 Å². The number of aryl methyl sites for hydroxylation is 2. The number of hydrogen-bond donors (Lipinski definition) is 1. The second kappa shape index (κ2) is 11.9. The van der Waals surface area contributed by atoms with Crippen LogP contribution >= 0.6 is 11.8 Å². The largest absolute Gasteiger partial charge is 0.395 e. The van der Waals surface area contributed by atoms with E-state index in [9.17, 15) is 19.5 Å². The van der Waals surface area contributed by atoms with Gasteiger partial charge in [-0.15, -0.1) is 24.9 Å². The van der Waals surface area contributed by atoms with Gasteiger partial charge in [0.25, 0.3) is 5.91 Å². The summed E-state index contributed by atoms with van der Waals surface area (Å²) in [7, 11) is 0. The number of anilines is 1. The molecule has 7 nitrogen and oxygen atoms in total. The van der Waals surface area contributed by atoms with Crippen LogP contribution in [0.15, 0.2) is 73.8 Å². The molecule has 1 N–H and O–H groups in total. The molecule has 2 aromatic rings. The molecule has 3 fully saturated rings. The van der Waals surface area contributed by atoms with E-state index in [1.807, 2.05) is 62.4 Å². The molecule has 2 aromatic carbocycles. The number of fused-ring (bicyclic) bond motifs is 1. The molecule has 3 saturated heterocycles. The molecule has 0 aliphatic carbocycles. The molecular formula is C33H39N3O4S. The van der Waals surface area contributed by atoms with Crippen LogP contribution in [0.2, 0.25) is 0 Å². The predicted octanol–water partition coefficient (Wildman–Crippen LogP) is 4.12. The zero-order chi connectivity index (χ0) is 29.3. The number of nitrogens with zero attached hydrogens (tertiary/aromatic N) is 3. The van der Waals surface area contributed by atoms with E-state index < -0.39 is 22.6 Å². The van der Waals surface area contributed by atoms with E-state index in [1.165, 1.54) is 0 Å². The first kappa shape index (κ1) is 29.1. The van der Waals surface area contributed by atoms with E-state index >= 15 is 0 Å². The molecule has 3 amide bonds.